The average molecular weight is 327 g/mol. The van der Waals surface area contributed by atoms with Crippen LogP contribution in [-0.4, -0.2) is 35.6 Å². The number of ether oxygens (including phenoxy) is 1. The first-order valence-corrected chi connectivity index (χ1v) is 7.71. The Kier molecular flexibility index (Phi) is 4.86. The summed E-state index contributed by atoms with van der Waals surface area (Å²) in [6.45, 7) is 1.08. The molecule has 5 nitrogen and oxygen atoms in total. The van der Waals surface area contributed by atoms with Gasteiger partial charge < -0.3 is 10.1 Å². The number of amides is 1. The van der Waals surface area contributed by atoms with E-state index in [1.807, 2.05) is 28.8 Å². The Morgan fingerprint density at radius 1 is 1.25 bits per heavy atom. The summed E-state index contributed by atoms with van der Waals surface area (Å²) in [7, 11) is 1.62. The van der Waals surface area contributed by atoms with Gasteiger partial charge in [0.2, 0.25) is 0 Å². The summed E-state index contributed by atoms with van der Waals surface area (Å²) in [4.78, 5) is 17.0. The zero-order valence-corrected chi connectivity index (χ0v) is 13.3. The third-order valence-electron chi connectivity index (χ3n) is 3.67. The lowest BCUT2D eigenvalue weighted by Gasteiger charge is -2.07. The molecule has 24 heavy (non-hydrogen) atoms. The zero-order valence-electron chi connectivity index (χ0n) is 13.3. The van der Waals surface area contributed by atoms with E-state index in [2.05, 4.69) is 10.3 Å². The number of hydrogen-bond acceptors (Lipinski definition) is 3. The Bertz CT molecular complexity index is 843. The molecule has 2 heterocycles. The van der Waals surface area contributed by atoms with Crippen LogP contribution in [0.15, 0.2) is 48.7 Å². The summed E-state index contributed by atoms with van der Waals surface area (Å²) < 4.78 is 20.0. The van der Waals surface area contributed by atoms with E-state index in [4.69, 9.17) is 4.74 Å². The second-order valence-corrected chi connectivity index (χ2v) is 5.35. The van der Waals surface area contributed by atoms with E-state index in [1.54, 1.807) is 19.2 Å². The molecule has 1 amide bonds. The molecule has 0 saturated heterocycles. The third-order valence-corrected chi connectivity index (χ3v) is 3.67. The molecule has 0 spiro atoms. The van der Waals surface area contributed by atoms with Gasteiger partial charge in [-0.3, -0.25) is 9.20 Å². The van der Waals surface area contributed by atoms with E-state index in [0.29, 0.717) is 30.2 Å². The summed E-state index contributed by atoms with van der Waals surface area (Å²) in [5.41, 5.74) is 2.37. The normalized spacial score (nSPS) is 10.9. The Morgan fingerprint density at radius 3 is 2.79 bits per heavy atom. The summed E-state index contributed by atoms with van der Waals surface area (Å²) >= 11 is 0. The van der Waals surface area contributed by atoms with Crippen molar-refractivity contribution < 1.29 is 13.9 Å². The monoisotopic (exact) mass is 327 g/mol. The molecule has 1 aromatic carbocycles. The number of carbonyl (C=O) groups is 1. The summed E-state index contributed by atoms with van der Waals surface area (Å²) in [6.07, 6.45) is 2.56. The standard InChI is InChI=1S/C18H18FN3O2/c1-24-12-4-10-20-18(23)16-17(13-6-8-14(19)9-7-13)22-11-3-2-5-15(22)21-16/h2-3,5-9,11H,4,10,12H2,1H3,(H,20,23). The second kappa shape index (κ2) is 7.23. The number of benzene rings is 1. The van der Waals surface area contributed by atoms with Gasteiger partial charge in [-0.25, -0.2) is 9.37 Å². The van der Waals surface area contributed by atoms with Crippen molar-refractivity contribution >= 4 is 11.6 Å². The maximum Gasteiger partial charge on any atom is 0.272 e. The molecule has 3 aromatic rings. The van der Waals surface area contributed by atoms with Crippen LogP contribution in [0.4, 0.5) is 4.39 Å². The number of carbonyl (C=O) groups excluding carboxylic acids is 1. The summed E-state index contributed by atoms with van der Waals surface area (Å²) in [5.74, 6) is -0.577. The fourth-order valence-corrected chi connectivity index (χ4v) is 2.54. The van der Waals surface area contributed by atoms with Gasteiger partial charge in [0.1, 0.15) is 11.5 Å². The van der Waals surface area contributed by atoms with Gasteiger partial charge in [0.05, 0.1) is 5.69 Å². The van der Waals surface area contributed by atoms with Gasteiger partial charge >= 0.3 is 0 Å². The SMILES string of the molecule is COCCCNC(=O)c1nc2ccccn2c1-c1ccc(F)cc1. The molecule has 0 atom stereocenters. The lowest BCUT2D eigenvalue weighted by molar-refractivity contribution is 0.0945. The van der Waals surface area contributed by atoms with Crippen LogP contribution in [0.1, 0.15) is 16.9 Å². The van der Waals surface area contributed by atoms with E-state index in [1.165, 1.54) is 12.1 Å². The van der Waals surface area contributed by atoms with Gasteiger partial charge in [0, 0.05) is 32.0 Å². The Labute approximate surface area is 139 Å². The van der Waals surface area contributed by atoms with Crippen molar-refractivity contribution in [1.29, 1.82) is 0 Å². The van der Waals surface area contributed by atoms with Crippen molar-refractivity contribution in [2.75, 3.05) is 20.3 Å². The van der Waals surface area contributed by atoms with Crippen molar-refractivity contribution in [1.82, 2.24) is 14.7 Å². The first-order chi connectivity index (χ1) is 11.7. The predicted molar refractivity (Wildman–Crippen MR) is 89.4 cm³/mol. The number of fused-ring (bicyclic) bond motifs is 1. The van der Waals surface area contributed by atoms with Gasteiger partial charge in [-0.1, -0.05) is 6.07 Å². The number of rotatable bonds is 6. The minimum Gasteiger partial charge on any atom is -0.385 e. The molecule has 0 fully saturated rings. The number of aromatic nitrogens is 2. The molecule has 0 bridgehead atoms. The third kappa shape index (κ3) is 3.28. The highest BCUT2D eigenvalue weighted by Gasteiger charge is 2.19. The van der Waals surface area contributed by atoms with Crippen LogP contribution in [0.25, 0.3) is 16.9 Å². The molecule has 0 saturated carbocycles. The van der Waals surface area contributed by atoms with Gasteiger partial charge in [-0.15, -0.1) is 0 Å². The maximum absolute atomic E-state index is 13.2. The predicted octanol–water partition coefficient (Wildman–Crippen LogP) is 2.91. The van der Waals surface area contributed by atoms with Crippen molar-refractivity contribution in [3.05, 3.63) is 60.2 Å². The lowest BCUT2D eigenvalue weighted by Crippen LogP contribution is -2.26. The van der Waals surface area contributed by atoms with Crippen molar-refractivity contribution in [2.45, 2.75) is 6.42 Å². The van der Waals surface area contributed by atoms with E-state index in [-0.39, 0.29) is 11.7 Å². The van der Waals surface area contributed by atoms with Crippen molar-refractivity contribution in [3.63, 3.8) is 0 Å². The van der Waals surface area contributed by atoms with Crippen molar-refractivity contribution in [3.8, 4) is 11.3 Å². The van der Waals surface area contributed by atoms with Crippen LogP contribution in [-0.2, 0) is 4.74 Å². The average Bonchev–Trinajstić information content (AvgIpc) is 2.99. The minimum atomic E-state index is -0.321. The van der Waals surface area contributed by atoms with Crippen LogP contribution in [0.5, 0.6) is 0 Å². The lowest BCUT2D eigenvalue weighted by atomic mass is 10.1. The number of halogens is 1. The minimum absolute atomic E-state index is 0.255. The fraction of sp³-hybridized carbons (Fsp3) is 0.222. The van der Waals surface area contributed by atoms with E-state index in [0.717, 1.165) is 12.0 Å². The Balaban J connectivity index is 1.99. The summed E-state index contributed by atoms with van der Waals surface area (Å²) in [6, 6.07) is 11.6. The number of nitrogens with one attached hydrogen (secondary N) is 1. The molecule has 0 unspecified atom stereocenters. The van der Waals surface area contributed by atoms with Gasteiger partial charge in [-0.05, 0) is 42.8 Å². The fourth-order valence-electron chi connectivity index (χ4n) is 2.54. The zero-order chi connectivity index (χ0) is 16.9. The molecule has 0 aliphatic rings. The highest BCUT2D eigenvalue weighted by atomic mass is 19.1. The maximum atomic E-state index is 13.2. The topological polar surface area (TPSA) is 55.6 Å². The van der Waals surface area contributed by atoms with Crippen LogP contribution in [0.2, 0.25) is 0 Å². The molecule has 2 aromatic heterocycles. The highest BCUT2D eigenvalue weighted by Crippen LogP contribution is 2.25. The number of nitrogens with zero attached hydrogens (tertiary/aromatic N) is 2. The first-order valence-electron chi connectivity index (χ1n) is 7.71. The molecule has 3 rings (SSSR count). The highest BCUT2D eigenvalue weighted by molar-refractivity contribution is 5.99. The number of pyridine rings is 1. The smallest absolute Gasteiger partial charge is 0.272 e. The second-order valence-electron chi connectivity index (χ2n) is 5.35. The molecule has 0 aliphatic heterocycles. The van der Waals surface area contributed by atoms with Crippen LogP contribution in [0, 0.1) is 5.82 Å². The quantitative estimate of drug-likeness (QED) is 0.708. The van der Waals surface area contributed by atoms with Crippen LogP contribution < -0.4 is 5.32 Å². The van der Waals surface area contributed by atoms with Crippen molar-refractivity contribution in [2.24, 2.45) is 0 Å². The van der Waals surface area contributed by atoms with E-state index >= 15 is 0 Å². The molecular formula is C18H18FN3O2. The van der Waals surface area contributed by atoms with Gasteiger partial charge in [0.25, 0.3) is 5.91 Å². The number of hydrogen-bond donors (Lipinski definition) is 1. The largest absolute Gasteiger partial charge is 0.385 e. The Morgan fingerprint density at radius 2 is 2.04 bits per heavy atom. The summed E-state index contributed by atoms with van der Waals surface area (Å²) in [5, 5.41) is 2.85. The first kappa shape index (κ1) is 16.1. The van der Waals surface area contributed by atoms with Crippen LogP contribution >= 0.6 is 0 Å². The Hall–Kier alpha value is -2.73. The number of methoxy groups -OCH3 is 1. The molecule has 1 N–H and O–H groups in total. The van der Waals surface area contributed by atoms with Gasteiger partial charge in [-0.2, -0.15) is 0 Å². The molecule has 0 aliphatic carbocycles. The molecular weight excluding hydrogens is 309 g/mol. The van der Waals surface area contributed by atoms with Gasteiger partial charge in [0.15, 0.2) is 5.69 Å². The molecule has 124 valence electrons. The van der Waals surface area contributed by atoms with E-state index in [9.17, 15) is 9.18 Å². The van der Waals surface area contributed by atoms with E-state index < -0.39 is 0 Å². The molecule has 0 radical (unpaired) electrons. The number of imidazole rings is 1. The molecule has 6 heteroatoms. The van der Waals surface area contributed by atoms with Crippen LogP contribution in [0.3, 0.4) is 0 Å².